The van der Waals surface area contributed by atoms with Crippen LogP contribution in [0, 0.1) is 17.2 Å². The summed E-state index contributed by atoms with van der Waals surface area (Å²) < 4.78 is 0. The minimum atomic E-state index is 0.769. The Balaban J connectivity index is 2.23. The molecule has 0 aromatic carbocycles. The first kappa shape index (κ1) is 16.5. The summed E-state index contributed by atoms with van der Waals surface area (Å²) in [6.45, 7) is 0. The van der Waals surface area contributed by atoms with Crippen LogP contribution in [0.15, 0.2) is 0 Å². The third kappa shape index (κ3) is 10.00. The van der Waals surface area contributed by atoms with E-state index in [0.29, 0.717) is 0 Å². The summed E-state index contributed by atoms with van der Waals surface area (Å²) in [4.78, 5) is 0. The number of hydrogen-bond acceptors (Lipinski definition) is 1. The molecule has 0 aromatic rings. The first-order chi connectivity index (χ1) is 9.43. The van der Waals surface area contributed by atoms with Crippen molar-refractivity contribution in [3.8, 4) is 6.07 Å². The van der Waals surface area contributed by atoms with Gasteiger partial charge in [0.2, 0.25) is 0 Å². The standard InChI is InChI=1S/C18H33N/c19-17-13-16-18-14-11-9-7-5-3-1-2-4-6-8-10-12-15-18/h18H,1-16H2. The van der Waals surface area contributed by atoms with E-state index in [1.165, 1.54) is 89.9 Å². The highest BCUT2D eigenvalue weighted by Gasteiger charge is 2.08. The normalized spacial score (nSPS) is 22.1. The summed E-state index contributed by atoms with van der Waals surface area (Å²) in [6.07, 6.45) is 21.9. The van der Waals surface area contributed by atoms with E-state index < -0.39 is 0 Å². The van der Waals surface area contributed by atoms with Gasteiger partial charge >= 0.3 is 0 Å². The van der Waals surface area contributed by atoms with E-state index in [0.717, 1.165) is 18.8 Å². The summed E-state index contributed by atoms with van der Waals surface area (Å²) in [5.41, 5.74) is 0. The van der Waals surface area contributed by atoms with Crippen LogP contribution in [-0.2, 0) is 0 Å². The lowest BCUT2D eigenvalue weighted by atomic mass is 9.91. The molecule has 0 spiro atoms. The van der Waals surface area contributed by atoms with Crippen LogP contribution in [0.1, 0.15) is 103 Å². The maximum atomic E-state index is 8.76. The molecule has 19 heavy (non-hydrogen) atoms. The molecule has 1 aliphatic carbocycles. The zero-order valence-electron chi connectivity index (χ0n) is 12.8. The van der Waals surface area contributed by atoms with Gasteiger partial charge in [-0.05, 0) is 12.3 Å². The van der Waals surface area contributed by atoms with Gasteiger partial charge in [-0.25, -0.2) is 0 Å². The van der Waals surface area contributed by atoms with Crippen LogP contribution in [0.5, 0.6) is 0 Å². The van der Waals surface area contributed by atoms with Crippen LogP contribution in [0.3, 0.4) is 0 Å². The van der Waals surface area contributed by atoms with E-state index in [4.69, 9.17) is 5.26 Å². The molecule has 1 fully saturated rings. The SMILES string of the molecule is N#CCCC1CCCCCCCCCCCCCC1. The fourth-order valence-corrected chi connectivity index (χ4v) is 3.34. The molecule has 1 nitrogen and oxygen atoms in total. The van der Waals surface area contributed by atoms with Crippen molar-refractivity contribution in [1.82, 2.24) is 0 Å². The van der Waals surface area contributed by atoms with Gasteiger partial charge in [-0.15, -0.1) is 0 Å². The Bertz CT molecular complexity index is 212. The molecule has 0 heterocycles. The highest BCUT2D eigenvalue weighted by Crippen LogP contribution is 2.23. The van der Waals surface area contributed by atoms with Gasteiger partial charge < -0.3 is 0 Å². The first-order valence-electron chi connectivity index (χ1n) is 8.80. The minimum absolute atomic E-state index is 0.769. The van der Waals surface area contributed by atoms with E-state index in [9.17, 15) is 0 Å². The summed E-state index contributed by atoms with van der Waals surface area (Å²) in [6, 6.07) is 2.33. The minimum Gasteiger partial charge on any atom is -0.198 e. The van der Waals surface area contributed by atoms with E-state index in [1.54, 1.807) is 0 Å². The zero-order valence-corrected chi connectivity index (χ0v) is 12.8. The van der Waals surface area contributed by atoms with Crippen LogP contribution < -0.4 is 0 Å². The molecule has 0 atom stereocenters. The van der Waals surface area contributed by atoms with Gasteiger partial charge in [0, 0.05) is 6.42 Å². The highest BCUT2D eigenvalue weighted by atomic mass is 14.2. The fraction of sp³-hybridized carbons (Fsp3) is 0.944. The van der Waals surface area contributed by atoms with Crippen molar-refractivity contribution in [1.29, 1.82) is 5.26 Å². The van der Waals surface area contributed by atoms with E-state index in [2.05, 4.69) is 6.07 Å². The molecule has 0 bridgehead atoms. The molecule has 0 radical (unpaired) electrons. The maximum Gasteiger partial charge on any atom is 0.0621 e. The number of nitriles is 1. The lowest BCUT2D eigenvalue weighted by Crippen LogP contribution is -2.01. The maximum absolute atomic E-state index is 8.76. The molecule has 0 unspecified atom stereocenters. The average Bonchev–Trinajstić information content (AvgIpc) is 2.44. The predicted molar refractivity (Wildman–Crippen MR) is 83.0 cm³/mol. The molecule has 1 rings (SSSR count). The van der Waals surface area contributed by atoms with Gasteiger partial charge in [0.1, 0.15) is 0 Å². The van der Waals surface area contributed by atoms with Crippen molar-refractivity contribution in [3.05, 3.63) is 0 Å². The second-order valence-corrected chi connectivity index (χ2v) is 6.38. The molecule has 1 saturated carbocycles. The third-order valence-electron chi connectivity index (χ3n) is 4.64. The molecule has 0 aromatic heterocycles. The van der Waals surface area contributed by atoms with Crippen LogP contribution in [0.25, 0.3) is 0 Å². The monoisotopic (exact) mass is 263 g/mol. The van der Waals surface area contributed by atoms with Gasteiger partial charge in [-0.2, -0.15) is 5.26 Å². The Kier molecular flexibility index (Phi) is 10.9. The molecule has 1 aliphatic rings. The molecular weight excluding hydrogens is 230 g/mol. The molecule has 0 N–H and O–H groups in total. The Morgan fingerprint density at radius 1 is 0.632 bits per heavy atom. The third-order valence-corrected chi connectivity index (χ3v) is 4.64. The molecular formula is C18H33N. The molecule has 1 heteroatoms. The average molecular weight is 263 g/mol. The van der Waals surface area contributed by atoms with Crippen molar-refractivity contribution >= 4 is 0 Å². The van der Waals surface area contributed by atoms with Gasteiger partial charge in [-0.1, -0.05) is 89.9 Å². The fourth-order valence-electron chi connectivity index (χ4n) is 3.34. The van der Waals surface area contributed by atoms with E-state index >= 15 is 0 Å². The molecule has 0 amide bonds. The Labute approximate surface area is 120 Å². The number of nitrogens with zero attached hydrogens (tertiary/aromatic N) is 1. The summed E-state index contributed by atoms with van der Waals surface area (Å²) >= 11 is 0. The van der Waals surface area contributed by atoms with Crippen LogP contribution in [0.4, 0.5) is 0 Å². The molecule has 110 valence electrons. The largest absolute Gasteiger partial charge is 0.198 e. The molecule has 0 aliphatic heterocycles. The highest BCUT2D eigenvalue weighted by molar-refractivity contribution is 4.72. The second-order valence-electron chi connectivity index (χ2n) is 6.38. The lowest BCUT2D eigenvalue weighted by Gasteiger charge is -2.15. The Morgan fingerprint density at radius 2 is 1.00 bits per heavy atom. The Morgan fingerprint density at radius 3 is 1.37 bits per heavy atom. The second kappa shape index (κ2) is 12.5. The van der Waals surface area contributed by atoms with Gasteiger partial charge in [-0.3, -0.25) is 0 Å². The van der Waals surface area contributed by atoms with Gasteiger partial charge in [0.05, 0.1) is 6.07 Å². The number of hydrogen-bond donors (Lipinski definition) is 0. The summed E-state index contributed by atoms with van der Waals surface area (Å²) in [5, 5.41) is 8.76. The van der Waals surface area contributed by atoms with Crippen LogP contribution in [-0.4, -0.2) is 0 Å². The van der Waals surface area contributed by atoms with Gasteiger partial charge in [0.25, 0.3) is 0 Å². The number of rotatable bonds is 2. The smallest absolute Gasteiger partial charge is 0.0621 e. The van der Waals surface area contributed by atoms with Crippen molar-refractivity contribution in [2.45, 2.75) is 103 Å². The van der Waals surface area contributed by atoms with Crippen molar-refractivity contribution in [2.75, 3.05) is 0 Å². The summed E-state index contributed by atoms with van der Waals surface area (Å²) in [7, 11) is 0. The molecule has 0 saturated heterocycles. The predicted octanol–water partition coefficient (Wildman–Crippen LogP) is 6.38. The zero-order chi connectivity index (χ0) is 13.6. The van der Waals surface area contributed by atoms with Crippen LogP contribution >= 0.6 is 0 Å². The Hall–Kier alpha value is -0.510. The topological polar surface area (TPSA) is 23.8 Å². The first-order valence-corrected chi connectivity index (χ1v) is 8.80. The van der Waals surface area contributed by atoms with Crippen molar-refractivity contribution in [2.24, 2.45) is 5.92 Å². The van der Waals surface area contributed by atoms with E-state index in [-0.39, 0.29) is 0 Å². The van der Waals surface area contributed by atoms with E-state index in [1.807, 2.05) is 0 Å². The van der Waals surface area contributed by atoms with Crippen molar-refractivity contribution in [3.63, 3.8) is 0 Å². The van der Waals surface area contributed by atoms with Gasteiger partial charge in [0.15, 0.2) is 0 Å². The lowest BCUT2D eigenvalue weighted by molar-refractivity contribution is 0.385. The van der Waals surface area contributed by atoms with Crippen LogP contribution in [0.2, 0.25) is 0 Å². The van der Waals surface area contributed by atoms with Crippen molar-refractivity contribution < 1.29 is 0 Å². The quantitative estimate of drug-likeness (QED) is 0.567. The summed E-state index contributed by atoms with van der Waals surface area (Å²) in [5.74, 6) is 0.838.